The summed E-state index contributed by atoms with van der Waals surface area (Å²) >= 11 is 0. The molecule has 0 spiro atoms. The minimum atomic E-state index is -0.346. The largest absolute Gasteiger partial charge is 0.464 e. The molecule has 1 aromatic heterocycles. The highest BCUT2D eigenvalue weighted by molar-refractivity contribution is 5.94. The lowest BCUT2D eigenvalue weighted by Crippen LogP contribution is -2.37. The van der Waals surface area contributed by atoms with Crippen LogP contribution in [0.2, 0.25) is 0 Å². The standard InChI is InChI=1S/C12H19N3O3/c1-8-11(12(17)14-13)5-10(18-8)7-15-4-2-3-9(16)6-15/h5,9,16H,2-4,6-7,13H2,1H3,(H,14,17). The minimum absolute atomic E-state index is 0.262. The van der Waals surface area contributed by atoms with Crippen LogP contribution < -0.4 is 11.3 Å². The van der Waals surface area contributed by atoms with E-state index in [1.807, 2.05) is 0 Å². The molecule has 0 aromatic carbocycles. The Kier molecular flexibility index (Phi) is 4.00. The van der Waals surface area contributed by atoms with E-state index in [0.29, 0.717) is 24.4 Å². The molecular formula is C12H19N3O3. The molecule has 1 amide bonds. The highest BCUT2D eigenvalue weighted by Gasteiger charge is 2.20. The third-order valence-corrected chi connectivity index (χ3v) is 3.20. The predicted octanol–water partition coefficient (Wildman–Crippen LogP) is 0.148. The second-order valence-electron chi connectivity index (χ2n) is 4.69. The van der Waals surface area contributed by atoms with Crippen molar-refractivity contribution in [1.82, 2.24) is 10.3 Å². The molecule has 1 aromatic rings. The molecule has 1 atom stereocenters. The third kappa shape index (κ3) is 2.90. The number of hydrogen-bond acceptors (Lipinski definition) is 5. The van der Waals surface area contributed by atoms with E-state index in [0.717, 1.165) is 25.1 Å². The lowest BCUT2D eigenvalue weighted by Gasteiger charge is -2.29. The van der Waals surface area contributed by atoms with Gasteiger partial charge in [-0.15, -0.1) is 0 Å². The van der Waals surface area contributed by atoms with Gasteiger partial charge in [0.05, 0.1) is 18.2 Å². The number of furan rings is 1. The number of nitrogens with two attached hydrogens (primary N) is 1. The van der Waals surface area contributed by atoms with Gasteiger partial charge in [-0.1, -0.05) is 0 Å². The number of hydrazine groups is 1. The smallest absolute Gasteiger partial charge is 0.268 e. The normalized spacial score (nSPS) is 20.9. The van der Waals surface area contributed by atoms with Crippen LogP contribution in [-0.4, -0.2) is 35.1 Å². The van der Waals surface area contributed by atoms with E-state index >= 15 is 0 Å². The molecule has 1 aliphatic rings. The van der Waals surface area contributed by atoms with Crippen LogP contribution in [0.4, 0.5) is 0 Å². The maximum atomic E-state index is 11.4. The summed E-state index contributed by atoms with van der Waals surface area (Å²) in [5, 5.41) is 9.59. The lowest BCUT2D eigenvalue weighted by atomic mass is 10.1. The number of aliphatic hydroxyl groups is 1. The summed E-state index contributed by atoms with van der Waals surface area (Å²) in [6, 6.07) is 1.71. The van der Waals surface area contributed by atoms with Gasteiger partial charge in [0.15, 0.2) is 0 Å². The summed E-state index contributed by atoms with van der Waals surface area (Å²) in [4.78, 5) is 13.6. The summed E-state index contributed by atoms with van der Waals surface area (Å²) < 4.78 is 5.54. The van der Waals surface area contributed by atoms with Crippen molar-refractivity contribution < 1.29 is 14.3 Å². The fourth-order valence-electron chi connectivity index (χ4n) is 2.32. The fraction of sp³-hybridized carbons (Fsp3) is 0.583. The Morgan fingerprint density at radius 1 is 1.72 bits per heavy atom. The molecule has 100 valence electrons. The summed E-state index contributed by atoms with van der Waals surface area (Å²) in [5.41, 5.74) is 2.56. The molecule has 2 rings (SSSR count). The average molecular weight is 253 g/mol. The highest BCUT2D eigenvalue weighted by atomic mass is 16.3. The van der Waals surface area contributed by atoms with Crippen molar-refractivity contribution >= 4 is 5.91 Å². The Bertz CT molecular complexity index is 430. The minimum Gasteiger partial charge on any atom is -0.464 e. The van der Waals surface area contributed by atoms with E-state index in [1.54, 1.807) is 13.0 Å². The van der Waals surface area contributed by atoms with Gasteiger partial charge < -0.3 is 9.52 Å². The Balaban J connectivity index is 2.03. The van der Waals surface area contributed by atoms with E-state index in [9.17, 15) is 9.90 Å². The zero-order valence-electron chi connectivity index (χ0n) is 10.5. The van der Waals surface area contributed by atoms with Crippen LogP contribution in [0.3, 0.4) is 0 Å². The molecular weight excluding hydrogens is 234 g/mol. The maximum absolute atomic E-state index is 11.4. The molecule has 18 heavy (non-hydrogen) atoms. The van der Waals surface area contributed by atoms with E-state index in [1.165, 1.54) is 0 Å². The van der Waals surface area contributed by atoms with Crippen LogP contribution >= 0.6 is 0 Å². The molecule has 1 unspecified atom stereocenters. The number of β-amino-alcohol motifs (C(OH)–C–C–N with tert-alkyl or cyclic N) is 1. The van der Waals surface area contributed by atoms with Gasteiger partial charge in [-0.2, -0.15) is 0 Å². The molecule has 6 nitrogen and oxygen atoms in total. The van der Waals surface area contributed by atoms with Gasteiger partial charge in [0.1, 0.15) is 11.5 Å². The van der Waals surface area contributed by atoms with E-state index in [-0.39, 0.29) is 12.0 Å². The molecule has 0 saturated carbocycles. The van der Waals surface area contributed by atoms with Gasteiger partial charge in [-0.3, -0.25) is 15.1 Å². The number of nitrogens with zero attached hydrogens (tertiary/aromatic N) is 1. The summed E-state index contributed by atoms with van der Waals surface area (Å²) in [7, 11) is 0. The molecule has 1 aliphatic heterocycles. The maximum Gasteiger partial charge on any atom is 0.268 e. The van der Waals surface area contributed by atoms with Gasteiger partial charge in [0.2, 0.25) is 0 Å². The SMILES string of the molecule is Cc1oc(CN2CCCC(O)C2)cc1C(=O)NN. The van der Waals surface area contributed by atoms with Crippen molar-refractivity contribution in [3.63, 3.8) is 0 Å². The number of rotatable bonds is 3. The molecule has 1 fully saturated rings. The van der Waals surface area contributed by atoms with Crippen molar-refractivity contribution in [2.45, 2.75) is 32.4 Å². The first-order chi connectivity index (χ1) is 8.60. The van der Waals surface area contributed by atoms with Gasteiger partial charge in [-0.05, 0) is 32.4 Å². The monoisotopic (exact) mass is 253 g/mol. The van der Waals surface area contributed by atoms with Crippen LogP contribution in [-0.2, 0) is 6.54 Å². The summed E-state index contributed by atoms with van der Waals surface area (Å²) in [6.07, 6.45) is 1.58. The van der Waals surface area contributed by atoms with E-state index < -0.39 is 0 Å². The van der Waals surface area contributed by atoms with E-state index in [4.69, 9.17) is 10.3 Å². The molecule has 0 aliphatic carbocycles. The molecule has 0 radical (unpaired) electrons. The van der Waals surface area contributed by atoms with Crippen molar-refractivity contribution in [3.8, 4) is 0 Å². The number of likely N-dealkylation sites (tertiary alicyclic amines) is 1. The van der Waals surface area contributed by atoms with Gasteiger partial charge in [0.25, 0.3) is 5.91 Å². The lowest BCUT2D eigenvalue weighted by molar-refractivity contribution is 0.0632. The third-order valence-electron chi connectivity index (χ3n) is 3.20. The van der Waals surface area contributed by atoms with E-state index in [2.05, 4.69) is 10.3 Å². The van der Waals surface area contributed by atoms with Gasteiger partial charge >= 0.3 is 0 Å². The second kappa shape index (κ2) is 5.51. The topological polar surface area (TPSA) is 91.7 Å². The highest BCUT2D eigenvalue weighted by Crippen LogP contribution is 2.18. The van der Waals surface area contributed by atoms with Crippen molar-refractivity contribution in [2.24, 2.45) is 5.84 Å². The number of piperidine rings is 1. The Hall–Kier alpha value is -1.37. The fourth-order valence-corrected chi connectivity index (χ4v) is 2.32. The number of carbonyl (C=O) groups is 1. The number of aliphatic hydroxyl groups excluding tert-OH is 1. The predicted molar refractivity (Wildman–Crippen MR) is 65.6 cm³/mol. The molecule has 1 saturated heterocycles. The number of nitrogen functional groups attached to an aromatic ring is 1. The van der Waals surface area contributed by atoms with Crippen molar-refractivity contribution in [3.05, 3.63) is 23.2 Å². The Labute approximate surface area is 106 Å². The average Bonchev–Trinajstić information content (AvgIpc) is 2.69. The number of amides is 1. The number of aryl methyl sites for hydroxylation is 1. The first kappa shape index (κ1) is 13.1. The van der Waals surface area contributed by atoms with Crippen LogP contribution in [0.25, 0.3) is 0 Å². The number of carbonyl (C=O) groups excluding carboxylic acids is 1. The van der Waals surface area contributed by atoms with Gasteiger partial charge in [-0.25, -0.2) is 5.84 Å². The molecule has 0 bridgehead atoms. The zero-order valence-corrected chi connectivity index (χ0v) is 10.5. The Morgan fingerprint density at radius 3 is 3.17 bits per heavy atom. The zero-order chi connectivity index (χ0) is 13.1. The second-order valence-corrected chi connectivity index (χ2v) is 4.69. The van der Waals surface area contributed by atoms with Crippen molar-refractivity contribution in [1.29, 1.82) is 0 Å². The first-order valence-corrected chi connectivity index (χ1v) is 6.11. The van der Waals surface area contributed by atoms with Crippen LogP contribution in [0.5, 0.6) is 0 Å². The quantitative estimate of drug-likeness (QED) is 0.405. The molecule has 2 heterocycles. The van der Waals surface area contributed by atoms with Crippen LogP contribution in [0.15, 0.2) is 10.5 Å². The summed E-state index contributed by atoms with van der Waals surface area (Å²) in [6.45, 7) is 3.93. The number of nitrogens with one attached hydrogen (secondary N) is 1. The van der Waals surface area contributed by atoms with Crippen LogP contribution in [0, 0.1) is 6.92 Å². The molecule has 4 N–H and O–H groups in total. The summed E-state index contributed by atoms with van der Waals surface area (Å²) in [5.74, 6) is 6.04. The number of hydrogen-bond donors (Lipinski definition) is 3. The van der Waals surface area contributed by atoms with Crippen molar-refractivity contribution in [2.75, 3.05) is 13.1 Å². The van der Waals surface area contributed by atoms with Crippen LogP contribution in [0.1, 0.15) is 34.7 Å². The molecule has 6 heteroatoms. The van der Waals surface area contributed by atoms with Gasteiger partial charge in [0, 0.05) is 6.54 Å². The first-order valence-electron chi connectivity index (χ1n) is 6.11. The Morgan fingerprint density at radius 2 is 2.50 bits per heavy atom.